The average molecular weight is 453 g/mol. The lowest BCUT2D eigenvalue weighted by Gasteiger charge is -2.15. The Morgan fingerprint density at radius 1 is 1.03 bits per heavy atom. The number of ether oxygens (including phenoxy) is 3. The monoisotopic (exact) mass is 452 g/mol. The molecule has 0 aliphatic carbocycles. The van der Waals surface area contributed by atoms with Gasteiger partial charge in [-0.05, 0) is 48.2 Å². The summed E-state index contributed by atoms with van der Waals surface area (Å²) in [7, 11) is 4.81. The largest absolute Gasteiger partial charge is 0.496 e. The Balaban J connectivity index is 1.98. The molecule has 1 aromatic heterocycles. The van der Waals surface area contributed by atoms with Gasteiger partial charge in [-0.25, -0.2) is 0 Å². The van der Waals surface area contributed by atoms with Gasteiger partial charge in [0, 0.05) is 35.6 Å². The predicted octanol–water partition coefficient (Wildman–Crippen LogP) is 4.83. The van der Waals surface area contributed by atoms with E-state index in [1.54, 1.807) is 27.6 Å². The second kappa shape index (κ2) is 10.5. The third-order valence-corrected chi connectivity index (χ3v) is 5.81. The van der Waals surface area contributed by atoms with Crippen LogP contribution in [0.1, 0.15) is 31.4 Å². The number of aryl methyl sites for hydroxylation is 1. The van der Waals surface area contributed by atoms with Crippen LogP contribution in [0.2, 0.25) is 0 Å². The third kappa shape index (κ3) is 5.37. The first-order valence-corrected chi connectivity index (χ1v) is 10.9. The third-order valence-electron chi connectivity index (χ3n) is 5.81. The summed E-state index contributed by atoms with van der Waals surface area (Å²) in [5.41, 5.74) is 11.0. The van der Waals surface area contributed by atoms with Crippen LogP contribution in [0.5, 0.6) is 17.2 Å². The molecule has 176 valence electrons. The van der Waals surface area contributed by atoms with Crippen molar-refractivity contribution in [3.63, 3.8) is 0 Å². The van der Waals surface area contributed by atoms with Gasteiger partial charge in [-0.1, -0.05) is 25.1 Å². The van der Waals surface area contributed by atoms with E-state index in [0.717, 1.165) is 27.8 Å². The van der Waals surface area contributed by atoms with Crippen LogP contribution in [0.25, 0.3) is 22.4 Å². The lowest BCUT2D eigenvalue weighted by Crippen LogP contribution is -2.29. The molecule has 0 bridgehead atoms. The van der Waals surface area contributed by atoms with Crippen LogP contribution in [0.15, 0.2) is 41.1 Å². The molecule has 0 radical (unpaired) electrons. The summed E-state index contributed by atoms with van der Waals surface area (Å²) >= 11 is 0. The number of benzene rings is 2. The molecule has 0 spiro atoms. The molecule has 1 heterocycles. The van der Waals surface area contributed by atoms with Gasteiger partial charge in [0.1, 0.15) is 23.5 Å². The number of Topliss-reactive ketones (excluding diaryl/α,β-unsaturated/α-hetero) is 1. The Labute approximate surface area is 194 Å². The van der Waals surface area contributed by atoms with E-state index in [4.69, 9.17) is 24.5 Å². The zero-order valence-electron chi connectivity index (χ0n) is 20.1. The van der Waals surface area contributed by atoms with Gasteiger partial charge < -0.3 is 24.5 Å². The average Bonchev–Trinajstić information content (AvgIpc) is 3.28. The Morgan fingerprint density at radius 3 is 2.39 bits per heavy atom. The van der Waals surface area contributed by atoms with Gasteiger partial charge in [0.15, 0.2) is 11.5 Å². The number of carbonyl (C=O) groups excluding carboxylic acids is 1. The minimum Gasteiger partial charge on any atom is -0.496 e. The highest BCUT2D eigenvalue weighted by molar-refractivity contribution is 5.85. The van der Waals surface area contributed by atoms with E-state index in [9.17, 15) is 4.79 Å². The summed E-state index contributed by atoms with van der Waals surface area (Å²) in [5.74, 6) is 2.27. The van der Waals surface area contributed by atoms with Gasteiger partial charge in [0.2, 0.25) is 0 Å². The van der Waals surface area contributed by atoms with Crippen molar-refractivity contribution >= 4 is 5.78 Å². The number of nitrogens with zero attached hydrogens (tertiary/aromatic N) is 1. The smallest absolute Gasteiger partial charge is 0.163 e. The zero-order valence-corrected chi connectivity index (χ0v) is 20.1. The van der Waals surface area contributed by atoms with Crippen molar-refractivity contribution in [1.29, 1.82) is 0 Å². The van der Waals surface area contributed by atoms with Crippen molar-refractivity contribution in [3.05, 3.63) is 47.7 Å². The number of ketones is 1. The quantitative estimate of drug-likeness (QED) is 0.471. The normalized spacial score (nSPS) is 12.0. The molecule has 3 aromatic rings. The van der Waals surface area contributed by atoms with Crippen LogP contribution in [0.3, 0.4) is 0 Å². The Hall–Kier alpha value is -3.32. The van der Waals surface area contributed by atoms with Crippen molar-refractivity contribution < 1.29 is 23.5 Å². The van der Waals surface area contributed by atoms with Gasteiger partial charge in [-0.2, -0.15) is 0 Å². The van der Waals surface area contributed by atoms with E-state index in [1.165, 1.54) is 0 Å². The molecular formula is C26H32N2O5. The van der Waals surface area contributed by atoms with Crippen molar-refractivity contribution in [3.8, 4) is 39.6 Å². The van der Waals surface area contributed by atoms with E-state index in [-0.39, 0.29) is 24.2 Å². The van der Waals surface area contributed by atoms with Gasteiger partial charge in [0.25, 0.3) is 0 Å². The predicted molar refractivity (Wildman–Crippen MR) is 128 cm³/mol. The molecular weight excluding hydrogens is 420 g/mol. The second-order valence-corrected chi connectivity index (χ2v) is 8.46. The highest BCUT2D eigenvalue weighted by Gasteiger charge is 2.20. The molecule has 7 nitrogen and oxygen atoms in total. The summed E-state index contributed by atoms with van der Waals surface area (Å²) in [6.45, 7) is 5.98. The first-order valence-electron chi connectivity index (χ1n) is 10.9. The minimum absolute atomic E-state index is 0.0766. The molecule has 0 saturated carbocycles. The number of rotatable bonds is 10. The Kier molecular flexibility index (Phi) is 7.76. The van der Waals surface area contributed by atoms with Crippen LogP contribution in [-0.2, 0) is 11.2 Å². The Morgan fingerprint density at radius 2 is 1.76 bits per heavy atom. The maximum Gasteiger partial charge on any atom is 0.163 e. The fourth-order valence-electron chi connectivity index (χ4n) is 3.81. The topological polar surface area (TPSA) is 96.8 Å². The molecule has 2 aromatic carbocycles. The Bertz CT molecular complexity index is 1120. The summed E-state index contributed by atoms with van der Waals surface area (Å²) in [6, 6.07) is 9.41. The first-order chi connectivity index (χ1) is 15.8. The van der Waals surface area contributed by atoms with Crippen LogP contribution >= 0.6 is 0 Å². The standard InChI is InChI=1S/C26H32N2O5/c1-15(2)22(27)13-20(29)11-18-10-17(7-8-23(18)30-4)21-14-33-28-25(21)19-9-16(3)26(32-6)24(12-19)31-5/h7-10,12,14-15,22H,11,13,27H2,1-6H3. The van der Waals surface area contributed by atoms with Crippen molar-refractivity contribution in [2.45, 2.75) is 39.7 Å². The van der Waals surface area contributed by atoms with Crippen LogP contribution < -0.4 is 19.9 Å². The lowest BCUT2D eigenvalue weighted by molar-refractivity contribution is -0.119. The van der Waals surface area contributed by atoms with Gasteiger partial charge in [-0.3, -0.25) is 4.79 Å². The minimum atomic E-state index is -0.162. The fraction of sp³-hybridized carbons (Fsp3) is 0.385. The summed E-state index contributed by atoms with van der Waals surface area (Å²) in [6.07, 6.45) is 2.17. The summed E-state index contributed by atoms with van der Waals surface area (Å²) in [5, 5.41) is 4.24. The molecule has 2 N–H and O–H groups in total. The van der Waals surface area contributed by atoms with Gasteiger partial charge >= 0.3 is 0 Å². The van der Waals surface area contributed by atoms with Crippen LogP contribution in [-0.4, -0.2) is 38.3 Å². The number of aromatic nitrogens is 1. The highest BCUT2D eigenvalue weighted by Crippen LogP contribution is 2.39. The maximum atomic E-state index is 12.7. The van der Waals surface area contributed by atoms with Gasteiger partial charge in [0.05, 0.1) is 21.3 Å². The van der Waals surface area contributed by atoms with E-state index in [2.05, 4.69) is 5.16 Å². The van der Waals surface area contributed by atoms with Crippen molar-refractivity contribution in [2.75, 3.05) is 21.3 Å². The van der Waals surface area contributed by atoms with Crippen molar-refractivity contribution in [1.82, 2.24) is 5.16 Å². The summed E-state index contributed by atoms with van der Waals surface area (Å²) in [4.78, 5) is 12.7. The molecule has 0 aliphatic heterocycles. The number of hydrogen-bond donors (Lipinski definition) is 1. The van der Waals surface area contributed by atoms with Crippen LogP contribution in [0.4, 0.5) is 0 Å². The molecule has 0 fully saturated rings. The molecule has 1 unspecified atom stereocenters. The molecule has 7 heteroatoms. The highest BCUT2D eigenvalue weighted by atomic mass is 16.5. The number of methoxy groups -OCH3 is 3. The van der Waals surface area contributed by atoms with Crippen molar-refractivity contribution in [2.24, 2.45) is 11.7 Å². The molecule has 0 aliphatic rings. The molecule has 3 rings (SSSR count). The van der Waals surface area contributed by atoms with E-state index < -0.39 is 0 Å². The number of carbonyl (C=O) groups is 1. The first kappa shape index (κ1) is 24.3. The molecule has 1 atom stereocenters. The SMILES string of the molecule is COc1ccc(-c2conc2-c2cc(C)c(OC)c(OC)c2)cc1CC(=O)CC(N)C(C)C. The lowest BCUT2D eigenvalue weighted by atomic mass is 9.94. The molecule has 33 heavy (non-hydrogen) atoms. The van der Waals surface area contributed by atoms with E-state index in [0.29, 0.717) is 29.4 Å². The molecule has 0 saturated heterocycles. The second-order valence-electron chi connectivity index (χ2n) is 8.46. The van der Waals surface area contributed by atoms with E-state index in [1.807, 2.05) is 51.1 Å². The van der Waals surface area contributed by atoms with Gasteiger partial charge in [-0.15, -0.1) is 0 Å². The zero-order chi connectivity index (χ0) is 24.1. The maximum absolute atomic E-state index is 12.7. The molecule has 0 amide bonds. The summed E-state index contributed by atoms with van der Waals surface area (Å²) < 4.78 is 21.8. The fourth-order valence-corrected chi connectivity index (χ4v) is 3.81. The number of nitrogens with two attached hydrogens (primary N) is 1. The van der Waals surface area contributed by atoms with E-state index >= 15 is 0 Å². The number of hydrogen-bond acceptors (Lipinski definition) is 7. The van der Waals surface area contributed by atoms with Crippen LogP contribution in [0, 0.1) is 12.8 Å².